The van der Waals surface area contributed by atoms with Crippen molar-refractivity contribution in [3.8, 4) is 0 Å². The van der Waals surface area contributed by atoms with Crippen molar-refractivity contribution in [2.75, 3.05) is 12.3 Å². The van der Waals surface area contributed by atoms with Crippen molar-refractivity contribution in [1.82, 2.24) is 14.9 Å². The predicted molar refractivity (Wildman–Crippen MR) is 69.7 cm³/mol. The maximum Gasteiger partial charge on any atom is 0.180 e. The summed E-state index contributed by atoms with van der Waals surface area (Å²) in [5.41, 5.74) is 6.98. The normalized spacial score (nSPS) is 21.1. The topological polar surface area (TPSA) is 57.9 Å². The molecule has 1 aliphatic rings. The van der Waals surface area contributed by atoms with Crippen LogP contribution in [0, 0.1) is 0 Å². The van der Waals surface area contributed by atoms with Crippen LogP contribution in [-0.2, 0) is 6.54 Å². The number of nitrogens with one attached hydrogen (secondary N) is 1. The Labute approximate surface area is 104 Å². The first-order valence-corrected chi connectivity index (χ1v) is 6.72. The molecule has 0 aromatic carbocycles. The van der Waals surface area contributed by atoms with Crippen molar-refractivity contribution in [3.63, 3.8) is 0 Å². The quantitative estimate of drug-likeness (QED) is 0.877. The van der Waals surface area contributed by atoms with E-state index in [0.29, 0.717) is 11.2 Å². The largest absolute Gasteiger partial charge is 0.375 e. The number of hydrogen-bond donors (Lipinski definition) is 2. The van der Waals surface area contributed by atoms with Crippen LogP contribution < -0.4 is 5.73 Å². The van der Waals surface area contributed by atoms with Crippen LogP contribution in [0.2, 0.25) is 0 Å². The van der Waals surface area contributed by atoms with E-state index in [4.69, 9.17) is 5.73 Å². The number of rotatable bonds is 3. The lowest BCUT2D eigenvalue weighted by atomic mass is 10.1. The number of anilines is 1. The van der Waals surface area contributed by atoms with Crippen LogP contribution >= 0.6 is 11.3 Å². The third kappa shape index (κ3) is 2.21. The number of H-pyrrole nitrogens is 1. The molecule has 2 aromatic heterocycles. The third-order valence-corrected chi connectivity index (χ3v) is 4.09. The molecular formula is C12H16N4S. The van der Waals surface area contributed by atoms with Crippen LogP contribution in [0.15, 0.2) is 24.5 Å². The number of likely N-dealkylation sites (tertiary alicyclic amines) is 1. The Hall–Kier alpha value is -1.33. The van der Waals surface area contributed by atoms with Crippen molar-refractivity contribution in [2.24, 2.45) is 0 Å². The molecule has 4 nitrogen and oxygen atoms in total. The zero-order valence-electron chi connectivity index (χ0n) is 9.60. The van der Waals surface area contributed by atoms with Gasteiger partial charge in [0.25, 0.3) is 0 Å². The molecule has 1 atom stereocenters. The van der Waals surface area contributed by atoms with Crippen molar-refractivity contribution in [1.29, 1.82) is 0 Å². The molecule has 0 amide bonds. The Kier molecular flexibility index (Phi) is 2.86. The predicted octanol–water partition coefficient (Wildman–Crippen LogP) is 2.39. The molecule has 1 unspecified atom stereocenters. The van der Waals surface area contributed by atoms with Gasteiger partial charge < -0.3 is 10.7 Å². The van der Waals surface area contributed by atoms with Crippen LogP contribution in [0.1, 0.15) is 29.5 Å². The maximum atomic E-state index is 5.66. The van der Waals surface area contributed by atoms with Gasteiger partial charge in [0, 0.05) is 29.5 Å². The average Bonchev–Trinajstić information content (AvgIpc) is 3.00. The van der Waals surface area contributed by atoms with E-state index in [-0.39, 0.29) is 0 Å². The van der Waals surface area contributed by atoms with E-state index in [9.17, 15) is 0 Å². The van der Waals surface area contributed by atoms with Gasteiger partial charge in [-0.2, -0.15) is 0 Å². The van der Waals surface area contributed by atoms with E-state index in [1.54, 1.807) is 11.3 Å². The number of nitrogen functional groups attached to an aromatic ring is 1. The molecule has 17 heavy (non-hydrogen) atoms. The van der Waals surface area contributed by atoms with Gasteiger partial charge in [0.05, 0.1) is 6.04 Å². The minimum atomic E-state index is 0.522. The summed E-state index contributed by atoms with van der Waals surface area (Å²) >= 11 is 1.59. The molecular weight excluding hydrogens is 232 g/mol. The molecule has 90 valence electrons. The van der Waals surface area contributed by atoms with Gasteiger partial charge >= 0.3 is 0 Å². The van der Waals surface area contributed by atoms with E-state index in [1.807, 2.05) is 12.4 Å². The van der Waals surface area contributed by atoms with Gasteiger partial charge in [0.2, 0.25) is 0 Å². The number of thiazole rings is 1. The monoisotopic (exact) mass is 248 g/mol. The fourth-order valence-electron chi connectivity index (χ4n) is 2.51. The third-order valence-electron chi connectivity index (χ3n) is 3.28. The number of hydrogen-bond acceptors (Lipinski definition) is 4. The number of nitrogens with two attached hydrogens (primary N) is 1. The first-order chi connectivity index (χ1) is 8.33. The van der Waals surface area contributed by atoms with Gasteiger partial charge in [-0.15, -0.1) is 11.3 Å². The van der Waals surface area contributed by atoms with E-state index < -0.39 is 0 Å². The van der Waals surface area contributed by atoms with Crippen LogP contribution in [0.5, 0.6) is 0 Å². The summed E-state index contributed by atoms with van der Waals surface area (Å²) in [5, 5.41) is 0.663. The molecule has 3 rings (SSSR count). The van der Waals surface area contributed by atoms with Crippen LogP contribution in [0.4, 0.5) is 5.13 Å². The average molecular weight is 248 g/mol. The summed E-state index contributed by atoms with van der Waals surface area (Å²) in [6.45, 7) is 2.11. The van der Waals surface area contributed by atoms with Crippen LogP contribution in [0.25, 0.3) is 0 Å². The Bertz CT molecular complexity index is 476. The molecule has 1 saturated heterocycles. The molecule has 0 saturated carbocycles. The Morgan fingerprint density at radius 2 is 2.53 bits per heavy atom. The highest BCUT2D eigenvalue weighted by Gasteiger charge is 2.26. The van der Waals surface area contributed by atoms with Gasteiger partial charge in [-0.3, -0.25) is 4.90 Å². The number of aromatic amines is 1. The maximum absolute atomic E-state index is 5.66. The highest BCUT2D eigenvalue weighted by atomic mass is 32.1. The molecule has 3 N–H and O–H groups in total. The SMILES string of the molecule is Nc1ncc(CN2CCCC2c2ccc[nH]2)s1. The first kappa shape index (κ1) is 10.8. The molecule has 2 aromatic rings. The van der Waals surface area contributed by atoms with Crippen molar-refractivity contribution >= 4 is 16.5 Å². The fraction of sp³-hybridized carbons (Fsp3) is 0.417. The van der Waals surface area contributed by atoms with Gasteiger partial charge in [-0.25, -0.2) is 4.98 Å². The summed E-state index contributed by atoms with van der Waals surface area (Å²) < 4.78 is 0. The minimum absolute atomic E-state index is 0.522. The smallest absolute Gasteiger partial charge is 0.180 e. The van der Waals surface area contributed by atoms with E-state index in [1.165, 1.54) is 23.4 Å². The van der Waals surface area contributed by atoms with Crippen molar-refractivity contribution in [3.05, 3.63) is 35.1 Å². The van der Waals surface area contributed by atoms with Gasteiger partial charge in [-0.1, -0.05) is 0 Å². The second-order valence-electron chi connectivity index (χ2n) is 4.42. The summed E-state index contributed by atoms with van der Waals surface area (Å²) in [7, 11) is 0. The van der Waals surface area contributed by atoms with E-state index in [0.717, 1.165) is 13.1 Å². The van der Waals surface area contributed by atoms with Gasteiger partial charge in [-0.05, 0) is 31.5 Å². The highest BCUT2D eigenvalue weighted by Crippen LogP contribution is 2.33. The van der Waals surface area contributed by atoms with E-state index >= 15 is 0 Å². The van der Waals surface area contributed by atoms with Crippen LogP contribution in [0.3, 0.4) is 0 Å². The van der Waals surface area contributed by atoms with E-state index in [2.05, 4.69) is 27.0 Å². The van der Waals surface area contributed by atoms with Gasteiger partial charge in [0.15, 0.2) is 5.13 Å². The number of aromatic nitrogens is 2. The summed E-state index contributed by atoms with van der Waals surface area (Å²) in [6.07, 6.45) is 6.38. The lowest BCUT2D eigenvalue weighted by molar-refractivity contribution is 0.247. The highest BCUT2D eigenvalue weighted by molar-refractivity contribution is 7.15. The fourth-order valence-corrected chi connectivity index (χ4v) is 3.22. The van der Waals surface area contributed by atoms with Crippen molar-refractivity contribution < 1.29 is 0 Å². The molecule has 5 heteroatoms. The first-order valence-electron chi connectivity index (χ1n) is 5.90. The lowest BCUT2D eigenvalue weighted by Crippen LogP contribution is -2.22. The number of nitrogens with zero attached hydrogens (tertiary/aromatic N) is 2. The zero-order chi connectivity index (χ0) is 11.7. The standard InChI is InChI=1S/C12H16N4S/c13-12-15-7-9(17-12)8-16-6-2-4-11(16)10-3-1-5-14-10/h1,3,5,7,11,14H,2,4,6,8H2,(H2,13,15). The summed E-state index contributed by atoms with van der Waals surface area (Å²) in [4.78, 5) is 11.2. The Morgan fingerprint density at radius 1 is 1.59 bits per heavy atom. The molecule has 0 aliphatic carbocycles. The zero-order valence-corrected chi connectivity index (χ0v) is 10.4. The molecule has 0 bridgehead atoms. The summed E-state index contributed by atoms with van der Waals surface area (Å²) in [6, 6.07) is 4.76. The minimum Gasteiger partial charge on any atom is -0.375 e. The molecule has 0 radical (unpaired) electrons. The van der Waals surface area contributed by atoms with Gasteiger partial charge in [0.1, 0.15) is 0 Å². The molecule has 0 spiro atoms. The summed E-state index contributed by atoms with van der Waals surface area (Å²) in [5.74, 6) is 0. The lowest BCUT2D eigenvalue weighted by Gasteiger charge is -2.22. The molecule has 1 fully saturated rings. The Morgan fingerprint density at radius 3 is 3.24 bits per heavy atom. The van der Waals surface area contributed by atoms with Crippen LogP contribution in [-0.4, -0.2) is 21.4 Å². The Balaban J connectivity index is 1.74. The second-order valence-corrected chi connectivity index (χ2v) is 5.57. The molecule has 1 aliphatic heterocycles. The molecule has 3 heterocycles. The second kappa shape index (κ2) is 4.50. The van der Waals surface area contributed by atoms with Crippen molar-refractivity contribution in [2.45, 2.75) is 25.4 Å².